The molecule has 0 aromatic carbocycles. The predicted octanol–water partition coefficient (Wildman–Crippen LogP) is 2.76. The fourth-order valence-corrected chi connectivity index (χ4v) is 3.05. The monoisotopic (exact) mass is 230 g/mol. The number of hydrogen-bond donors (Lipinski definition) is 1. The third-order valence-electron chi connectivity index (χ3n) is 4.01. The Balaban J connectivity index is 2.06. The molecule has 0 radical (unpaired) electrons. The Kier molecular flexibility index (Phi) is 2.50. The minimum atomic E-state index is 0.435. The molecule has 4 nitrogen and oxygen atoms in total. The van der Waals surface area contributed by atoms with Crippen molar-refractivity contribution < 1.29 is 0 Å². The molecule has 2 aromatic heterocycles. The van der Waals surface area contributed by atoms with E-state index in [2.05, 4.69) is 21.5 Å². The normalized spacial score (nSPS) is 18.9. The number of fused-ring (bicyclic) bond motifs is 1. The summed E-state index contributed by atoms with van der Waals surface area (Å²) >= 11 is 0. The van der Waals surface area contributed by atoms with Crippen LogP contribution in [0, 0.1) is 5.92 Å². The Bertz CT molecular complexity index is 525. The number of pyridine rings is 1. The van der Waals surface area contributed by atoms with Crippen LogP contribution in [0.25, 0.3) is 11.0 Å². The van der Waals surface area contributed by atoms with Gasteiger partial charge in [0.05, 0.1) is 11.7 Å². The maximum atomic E-state index is 6.05. The van der Waals surface area contributed by atoms with Gasteiger partial charge in [-0.1, -0.05) is 12.8 Å². The predicted molar refractivity (Wildman–Crippen MR) is 68.6 cm³/mol. The highest BCUT2D eigenvalue weighted by molar-refractivity contribution is 5.77. The summed E-state index contributed by atoms with van der Waals surface area (Å²) in [6.07, 6.45) is 8.91. The number of aromatic nitrogens is 3. The Morgan fingerprint density at radius 1 is 1.41 bits per heavy atom. The highest BCUT2D eigenvalue weighted by Gasteiger charge is 2.25. The molecule has 2 aromatic rings. The lowest BCUT2D eigenvalue weighted by Crippen LogP contribution is -2.16. The second-order valence-electron chi connectivity index (χ2n) is 4.99. The van der Waals surface area contributed by atoms with Crippen LogP contribution in [0.1, 0.15) is 38.6 Å². The van der Waals surface area contributed by atoms with E-state index in [1.807, 2.05) is 6.07 Å². The standard InChI is InChI=1S/C13H18N4/c1-9(10-4-2-3-5-10)17-12-6-7-15-8-11(12)16-13(17)14/h6-10H,2-5H2,1H3,(H2,14,16). The molecule has 1 aliphatic rings. The van der Waals surface area contributed by atoms with Gasteiger partial charge in [0.25, 0.3) is 0 Å². The van der Waals surface area contributed by atoms with E-state index < -0.39 is 0 Å². The molecule has 3 rings (SSSR count). The van der Waals surface area contributed by atoms with Gasteiger partial charge >= 0.3 is 0 Å². The van der Waals surface area contributed by atoms with Gasteiger partial charge in [0.2, 0.25) is 5.95 Å². The van der Waals surface area contributed by atoms with Crippen molar-refractivity contribution in [2.24, 2.45) is 5.92 Å². The van der Waals surface area contributed by atoms with Crippen molar-refractivity contribution in [2.45, 2.75) is 38.6 Å². The van der Waals surface area contributed by atoms with E-state index in [1.54, 1.807) is 12.4 Å². The molecule has 0 spiro atoms. The molecule has 1 aliphatic carbocycles. The van der Waals surface area contributed by atoms with Crippen LogP contribution in [-0.4, -0.2) is 14.5 Å². The molecule has 1 saturated carbocycles. The Labute approximate surface area is 101 Å². The first-order valence-corrected chi connectivity index (χ1v) is 6.35. The van der Waals surface area contributed by atoms with E-state index in [0.29, 0.717) is 12.0 Å². The lowest BCUT2D eigenvalue weighted by molar-refractivity contribution is 0.371. The SMILES string of the molecule is CC(C1CCCC1)n1c(N)nc2cnccc21. The van der Waals surface area contributed by atoms with Gasteiger partial charge in [0, 0.05) is 12.2 Å². The highest BCUT2D eigenvalue weighted by Crippen LogP contribution is 2.36. The molecular weight excluding hydrogens is 212 g/mol. The average molecular weight is 230 g/mol. The van der Waals surface area contributed by atoms with Crippen LogP contribution in [0.5, 0.6) is 0 Å². The van der Waals surface area contributed by atoms with E-state index in [-0.39, 0.29) is 0 Å². The molecule has 4 heteroatoms. The van der Waals surface area contributed by atoms with Crippen molar-refractivity contribution in [1.82, 2.24) is 14.5 Å². The first-order chi connectivity index (χ1) is 8.27. The summed E-state index contributed by atoms with van der Waals surface area (Å²) < 4.78 is 2.17. The number of nitrogen functional groups attached to an aromatic ring is 1. The van der Waals surface area contributed by atoms with Gasteiger partial charge in [-0.15, -0.1) is 0 Å². The molecule has 0 saturated heterocycles. The first kappa shape index (κ1) is 10.6. The fourth-order valence-electron chi connectivity index (χ4n) is 3.05. The van der Waals surface area contributed by atoms with Crippen molar-refractivity contribution in [3.05, 3.63) is 18.5 Å². The molecular formula is C13H18N4. The van der Waals surface area contributed by atoms with Gasteiger partial charge in [-0.3, -0.25) is 4.98 Å². The summed E-state index contributed by atoms with van der Waals surface area (Å²) in [5, 5.41) is 0. The molecule has 17 heavy (non-hydrogen) atoms. The molecule has 2 N–H and O–H groups in total. The molecule has 2 heterocycles. The number of hydrogen-bond acceptors (Lipinski definition) is 3. The summed E-state index contributed by atoms with van der Waals surface area (Å²) in [5.41, 5.74) is 8.05. The quantitative estimate of drug-likeness (QED) is 0.863. The number of anilines is 1. The maximum Gasteiger partial charge on any atom is 0.201 e. The summed E-state index contributed by atoms with van der Waals surface area (Å²) in [6, 6.07) is 2.44. The molecule has 0 aliphatic heterocycles. The number of rotatable bonds is 2. The van der Waals surface area contributed by atoms with Crippen LogP contribution in [-0.2, 0) is 0 Å². The average Bonchev–Trinajstić information content (AvgIpc) is 2.94. The van der Waals surface area contributed by atoms with Gasteiger partial charge in [0.1, 0.15) is 5.52 Å². The lowest BCUT2D eigenvalue weighted by atomic mass is 9.99. The van der Waals surface area contributed by atoms with E-state index in [9.17, 15) is 0 Å². The topological polar surface area (TPSA) is 56.7 Å². The van der Waals surface area contributed by atoms with Gasteiger partial charge in [0.15, 0.2) is 0 Å². The Morgan fingerprint density at radius 2 is 2.18 bits per heavy atom. The van der Waals surface area contributed by atoms with Gasteiger partial charge in [-0.2, -0.15) is 0 Å². The zero-order chi connectivity index (χ0) is 11.8. The van der Waals surface area contributed by atoms with Crippen LogP contribution in [0.2, 0.25) is 0 Å². The summed E-state index contributed by atoms with van der Waals surface area (Å²) in [4.78, 5) is 8.48. The number of imidazole rings is 1. The van der Waals surface area contributed by atoms with Crippen LogP contribution in [0.15, 0.2) is 18.5 Å². The van der Waals surface area contributed by atoms with Gasteiger partial charge in [-0.05, 0) is 31.7 Å². The van der Waals surface area contributed by atoms with Crippen LogP contribution >= 0.6 is 0 Å². The van der Waals surface area contributed by atoms with Crippen LogP contribution in [0.4, 0.5) is 5.95 Å². The van der Waals surface area contributed by atoms with Gasteiger partial charge < -0.3 is 10.3 Å². The van der Waals surface area contributed by atoms with Crippen LogP contribution in [0.3, 0.4) is 0 Å². The number of nitrogens with two attached hydrogens (primary N) is 1. The minimum Gasteiger partial charge on any atom is -0.369 e. The zero-order valence-corrected chi connectivity index (χ0v) is 10.1. The second-order valence-corrected chi connectivity index (χ2v) is 4.99. The molecule has 1 unspecified atom stereocenters. The summed E-state index contributed by atoms with van der Waals surface area (Å²) in [7, 11) is 0. The fraction of sp³-hybridized carbons (Fsp3) is 0.538. The zero-order valence-electron chi connectivity index (χ0n) is 10.1. The Morgan fingerprint density at radius 3 is 2.94 bits per heavy atom. The minimum absolute atomic E-state index is 0.435. The van der Waals surface area contributed by atoms with Crippen molar-refractivity contribution >= 4 is 17.0 Å². The lowest BCUT2D eigenvalue weighted by Gasteiger charge is -2.22. The van der Waals surface area contributed by atoms with Crippen molar-refractivity contribution in [3.63, 3.8) is 0 Å². The van der Waals surface area contributed by atoms with E-state index in [4.69, 9.17) is 5.73 Å². The van der Waals surface area contributed by atoms with Crippen molar-refractivity contribution in [3.8, 4) is 0 Å². The molecule has 1 fully saturated rings. The maximum absolute atomic E-state index is 6.05. The van der Waals surface area contributed by atoms with E-state index >= 15 is 0 Å². The highest BCUT2D eigenvalue weighted by atomic mass is 15.2. The van der Waals surface area contributed by atoms with Crippen LogP contribution < -0.4 is 5.73 Å². The molecule has 0 amide bonds. The smallest absolute Gasteiger partial charge is 0.201 e. The van der Waals surface area contributed by atoms with Crippen molar-refractivity contribution in [2.75, 3.05) is 5.73 Å². The molecule has 90 valence electrons. The second kappa shape index (κ2) is 4.02. The molecule has 0 bridgehead atoms. The molecule has 1 atom stereocenters. The summed E-state index contributed by atoms with van der Waals surface area (Å²) in [5.74, 6) is 1.36. The first-order valence-electron chi connectivity index (χ1n) is 6.35. The van der Waals surface area contributed by atoms with E-state index in [0.717, 1.165) is 17.0 Å². The summed E-state index contributed by atoms with van der Waals surface area (Å²) in [6.45, 7) is 2.26. The van der Waals surface area contributed by atoms with Gasteiger partial charge in [-0.25, -0.2) is 4.98 Å². The largest absolute Gasteiger partial charge is 0.369 e. The van der Waals surface area contributed by atoms with Crippen molar-refractivity contribution in [1.29, 1.82) is 0 Å². The Hall–Kier alpha value is -1.58. The third kappa shape index (κ3) is 1.68. The number of nitrogens with zero attached hydrogens (tertiary/aromatic N) is 3. The third-order valence-corrected chi connectivity index (χ3v) is 4.01. The van der Waals surface area contributed by atoms with E-state index in [1.165, 1.54) is 25.7 Å².